The van der Waals surface area contributed by atoms with Crippen LogP contribution < -0.4 is 29.8 Å². The molecule has 2 aliphatic rings. The molecular weight excluding hydrogens is 312 g/mol. The van der Waals surface area contributed by atoms with E-state index in [0.717, 1.165) is 5.56 Å². The van der Waals surface area contributed by atoms with E-state index in [4.69, 9.17) is 18.9 Å². The van der Waals surface area contributed by atoms with Crippen LogP contribution in [0.25, 0.3) is 5.70 Å². The molecule has 0 fully saturated rings. The average Bonchev–Trinajstić information content (AvgIpc) is 3.26. The predicted molar refractivity (Wildman–Crippen MR) is 84.8 cm³/mol. The van der Waals surface area contributed by atoms with Gasteiger partial charge in [-0.3, -0.25) is 15.6 Å². The molecule has 2 heterocycles. The van der Waals surface area contributed by atoms with Crippen LogP contribution in [0.1, 0.15) is 15.9 Å². The summed E-state index contributed by atoms with van der Waals surface area (Å²) in [5.41, 5.74) is 7.15. The number of carbonyl (C=O) groups excluding carboxylic acids is 1. The van der Waals surface area contributed by atoms with Crippen LogP contribution in [0, 0.1) is 0 Å². The first-order valence-corrected chi connectivity index (χ1v) is 7.25. The van der Waals surface area contributed by atoms with E-state index in [-0.39, 0.29) is 19.5 Å². The lowest BCUT2D eigenvalue weighted by Crippen LogP contribution is -2.35. The predicted octanol–water partition coefficient (Wildman–Crippen LogP) is 2.05. The number of benzene rings is 2. The van der Waals surface area contributed by atoms with Crippen molar-refractivity contribution in [1.82, 2.24) is 10.9 Å². The molecule has 0 saturated carbocycles. The fourth-order valence-electron chi connectivity index (χ4n) is 2.40. The van der Waals surface area contributed by atoms with Gasteiger partial charge in [0, 0.05) is 11.1 Å². The zero-order chi connectivity index (χ0) is 16.5. The van der Waals surface area contributed by atoms with E-state index >= 15 is 0 Å². The number of hydrazine groups is 1. The van der Waals surface area contributed by atoms with E-state index in [2.05, 4.69) is 17.4 Å². The average molecular weight is 326 g/mol. The van der Waals surface area contributed by atoms with Crippen molar-refractivity contribution in [3.8, 4) is 23.0 Å². The Morgan fingerprint density at radius 1 is 0.792 bits per heavy atom. The number of hydrogen-bond donors (Lipinski definition) is 2. The Balaban J connectivity index is 1.41. The molecule has 7 nitrogen and oxygen atoms in total. The summed E-state index contributed by atoms with van der Waals surface area (Å²) in [4.78, 5) is 12.2. The SMILES string of the molecule is C=C(NNC(=O)c1ccc2c(c1)OCO2)c1ccc2c(c1)OCO2. The summed E-state index contributed by atoms with van der Waals surface area (Å²) in [6.45, 7) is 4.28. The minimum absolute atomic E-state index is 0.166. The van der Waals surface area contributed by atoms with E-state index in [0.29, 0.717) is 34.3 Å². The summed E-state index contributed by atoms with van der Waals surface area (Å²) in [6, 6.07) is 10.4. The Bertz CT molecular complexity index is 764. The van der Waals surface area contributed by atoms with E-state index in [1.54, 1.807) is 30.3 Å². The maximum Gasteiger partial charge on any atom is 0.269 e. The molecule has 4 rings (SSSR count). The highest BCUT2D eigenvalue weighted by atomic mass is 16.7. The zero-order valence-electron chi connectivity index (χ0n) is 12.6. The van der Waals surface area contributed by atoms with Gasteiger partial charge in [0.15, 0.2) is 23.0 Å². The maximum absolute atomic E-state index is 12.2. The quantitative estimate of drug-likeness (QED) is 0.837. The third kappa shape index (κ3) is 2.56. The summed E-state index contributed by atoms with van der Waals surface area (Å²) in [6.07, 6.45) is 0. The molecule has 0 saturated heterocycles. The Hall–Kier alpha value is -3.35. The largest absolute Gasteiger partial charge is 0.454 e. The topological polar surface area (TPSA) is 78.1 Å². The third-order valence-electron chi connectivity index (χ3n) is 3.68. The lowest BCUT2D eigenvalue weighted by atomic mass is 10.1. The highest BCUT2D eigenvalue weighted by Gasteiger charge is 2.17. The molecule has 0 bridgehead atoms. The first-order valence-electron chi connectivity index (χ1n) is 7.25. The van der Waals surface area contributed by atoms with E-state index in [1.165, 1.54) is 0 Å². The van der Waals surface area contributed by atoms with Crippen molar-refractivity contribution >= 4 is 11.6 Å². The molecule has 7 heteroatoms. The highest BCUT2D eigenvalue weighted by molar-refractivity contribution is 5.95. The lowest BCUT2D eigenvalue weighted by Gasteiger charge is -2.12. The molecule has 2 aromatic carbocycles. The Morgan fingerprint density at radius 3 is 2.00 bits per heavy atom. The summed E-state index contributed by atoms with van der Waals surface area (Å²) in [7, 11) is 0. The highest BCUT2D eigenvalue weighted by Crippen LogP contribution is 2.34. The summed E-state index contributed by atoms with van der Waals surface area (Å²) in [5, 5.41) is 0. The van der Waals surface area contributed by atoms with Crippen LogP contribution in [0.15, 0.2) is 43.0 Å². The molecule has 122 valence electrons. The van der Waals surface area contributed by atoms with Crippen LogP contribution in [0.4, 0.5) is 0 Å². The van der Waals surface area contributed by atoms with Crippen LogP contribution >= 0.6 is 0 Å². The number of hydrogen-bond acceptors (Lipinski definition) is 6. The van der Waals surface area contributed by atoms with Gasteiger partial charge in [0.05, 0.1) is 5.70 Å². The van der Waals surface area contributed by atoms with Crippen molar-refractivity contribution in [1.29, 1.82) is 0 Å². The number of amides is 1. The van der Waals surface area contributed by atoms with Crippen molar-refractivity contribution in [2.45, 2.75) is 0 Å². The van der Waals surface area contributed by atoms with Crippen LogP contribution in [0.2, 0.25) is 0 Å². The van der Waals surface area contributed by atoms with Gasteiger partial charge in [-0.25, -0.2) is 0 Å². The van der Waals surface area contributed by atoms with Gasteiger partial charge in [0.2, 0.25) is 13.6 Å². The van der Waals surface area contributed by atoms with E-state index < -0.39 is 0 Å². The van der Waals surface area contributed by atoms with Crippen LogP contribution in [-0.4, -0.2) is 19.5 Å². The number of ether oxygens (including phenoxy) is 4. The van der Waals surface area contributed by atoms with Gasteiger partial charge in [-0.15, -0.1) is 0 Å². The third-order valence-corrected chi connectivity index (χ3v) is 3.68. The van der Waals surface area contributed by atoms with Crippen molar-refractivity contribution in [2.75, 3.05) is 13.6 Å². The summed E-state index contributed by atoms with van der Waals surface area (Å²) >= 11 is 0. The number of fused-ring (bicyclic) bond motifs is 2. The molecule has 1 amide bonds. The van der Waals surface area contributed by atoms with Crippen molar-refractivity contribution in [2.24, 2.45) is 0 Å². The molecule has 0 aliphatic carbocycles. The first kappa shape index (κ1) is 14.3. The monoisotopic (exact) mass is 326 g/mol. The summed E-state index contributed by atoms with van der Waals surface area (Å²) in [5.74, 6) is 2.21. The van der Waals surface area contributed by atoms with E-state index in [1.807, 2.05) is 6.07 Å². The van der Waals surface area contributed by atoms with Gasteiger partial charge >= 0.3 is 0 Å². The molecule has 2 N–H and O–H groups in total. The molecule has 0 unspecified atom stereocenters. The second-order valence-electron chi connectivity index (χ2n) is 5.19. The number of nitrogens with one attached hydrogen (secondary N) is 2. The molecule has 2 aromatic rings. The van der Waals surface area contributed by atoms with Gasteiger partial charge in [-0.2, -0.15) is 0 Å². The maximum atomic E-state index is 12.2. The van der Waals surface area contributed by atoms with Crippen molar-refractivity contribution in [3.63, 3.8) is 0 Å². The molecule has 0 atom stereocenters. The van der Waals surface area contributed by atoms with Gasteiger partial charge < -0.3 is 18.9 Å². The smallest absolute Gasteiger partial charge is 0.269 e. The first-order chi connectivity index (χ1) is 11.7. The number of carbonyl (C=O) groups is 1. The molecule has 24 heavy (non-hydrogen) atoms. The van der Waals surface area contributed by atoms with Crippen LogP contribution in [-0.2, 0) is 0 Å². The minimum Gasteiger partial charge on any atom is -0.454 e. The molecule has 0 aromatic heterocycles. The van der Waals surface area contributed by atoms with Crippen LogP contribution in [0.3, 0.4) is 0 Å². The second-order valence-corrected chi connectivity index (χ2v) is 5.19. The Labute approximate surface area is 137 Å². The molecule has 0 spiro atoms. The minimum atomic E-state index is -0.310. The molecule has 0 radical (unpaired) electrons. The van der Waals surface area contributed by atoms with Crippen LogP contribution in [0.5, 0.6) is 23.0 Å². The molecular formula is C17H14N2O5. The summed E-state index contributed by atoms with van der Waals surface area (Å²) < 4.78 is 21.1. The zero-order valence-corrected chi connectivity index (χ0v) is 12.6. The fraction of sp³-hybridized carbons (Fsp3) is 0.118. The van der Waals surface area contributed by atoms with Crippen molar-refractivity contribution in [3.05, 3.63) is 54.1 Å². The standard InChI is InChI=1S/C17H14N2O5/c1-10(11-2-4-13-15(6-11)23-8-21-13)18-19-17(20)12-3-5-14-16(7-12)24-9-22-14/h2-7,18H,1,8-9H2,(H,19,20). The number of rotatable bonds is 4. The fourth-order valence-corrected chi connectivity index (χ4v) is 2.40. The normalized spacial score (nSPS) is 13.5. The Kier molecular flexibility index (Phi) is 3.38. The van der Waals surface area contributed by atoms with Crippen molar-refractivity contribution < 1.29 is 23.7 Å². The van der Waals surface area contributed by atoms with E-state index in [9.17, 15) is 4.79 Å². The van der Waals surface area contributed by atoms with Gasteiger partial charge in [0.25, 0.3) is 5.91 Å². The molecule has 2 aliphatic heterocycles. The lowest BCUT2D eigenvalue weighted by molar-refractivity contribution is 0.0942. The Morgan fingerprint density at radius 2 is 1.33 bits per heavy atom. The second kappa shape index (κ2) is 5.69. The van der Waals surface area contributed by atoms with Gasteiger partial charge in [0.1, 0.15) is 0 Å². The van der Waals surface area contributed by atoms with Gasteiger partial charge in [-0.1, -0.05) is 6.58 Å². The van der Waals surface area contributed by atoms with Gasteiger partial charge in [-0.05, 0) is 36.4 Å².